The number of amides is 1. The van der Waals surface area contributed by atoms with Crippen molar-refractivity contribution in [1.82, 2.24) is 14.9 Å². The van der Waals surface area contributed by atoms with Gasteiger partial charge in [0.1, 0.15) is 18.0 Å². The molecule has 4 rings (SSSR count). The molecular weight excluding hydrogens is 302 g/mol. The number of carbonyl (C=O) groups is 1. The van der Waals surface area contributed by atoms with E-state index < -0.39 is 0 Å². The van der Waals surface area contributed by atoms with Gasteiger partial charge < -0.3 is 15.1 Å². The smallest absolute Gasteiger partial charge is 0.241 e. The van der Waals surface area contributed by atoms with Crippen molar-refractivity contribution in [2.45, 2.75) is 32.1 Å². The highest BCUT2D eigenvalue weighted by molar-refractivity contribution is 5.82. The molecule has 6 heteroatoms. The van der Waals surface area contributed by atoms with Crippen LogP contribution in [0.25, 0.3) is 0 Å². The van der Waals surface area contributed by atoms with Gasteiger partial charge in [-0.25, -0.2) is 9.97 Å². The predicted molar refractivity (Wildman–Crippen MR) is 93.9 cm³/mol. The molecule has 0 spiro atoms. The second-order valence-corrected chi connectivity index (χ2v) is 7.65. The average Bonchev–Trinajstić information content (AvgIpc) is 3.21. The number of anilines is 2. The van der Waals surface area contributed by atoms with Crippen molar-refractivity contribution in [3.05, 3.63) is 12.4 Å². The van der Waals surface area contributed by atoms with E-state index in [1.165, 1.54) is 32.1 Å². The summed E-state index contributed by atoms with van der Waals surface area (Å²) in [5.74, 6) is 4.76. The predicted octanol–water partition coefficient (Wildman–Crippen LogP) is 1.99. The Morgan fingerprint density at radius 1 is 1.25 bits per heavy atom. The molecule has 0 radical (unpaired) electrons. The Hall–Kier alpha value is -1.85. The standard InChI is InChI=1S/C18H27N5O/c1-22-6-7-23(11-18(22)24)17-10-16(20-12-21-17)19-5-4-15-9-13-2-3-14(15)8-13/h10,12-15H,2-9,11H2,1H3,(H,19,20,21). The van der Waals surface area contributed by atoms with Crippen LogP contribution >= 0.6 is 0 Å². The number of rotatable bonds is 5. The normalized spacial score (nSPS) is 29.4. The highest BCUT2D eigenvalue weighted by Crippen LogP contribution is 2.49. The Morgan fingerprint density at radius 3 is 2.92 bits per heavy atom. The Morgan fingerprint density at radius 2 is 2.17 bits per heavy atom. The SMILES string of the molecule is CN1CCN(c2cc(NCCC3CC4CCC3C4)ncn2)CC1=O. The number of aromatic nitrogens is 2. The van der Waals surface area contributed by atoms with E-state index >= 15 is 0 Å². The topological polar surface area (TPSA) is 61.4 Å². The first kappa shape index (κ1) is 15.7. The Bertz CT molecular complexity index is 607. The summed E-state index contributed by atoms with van der Waals surface area (Å²) in [7, 11) is 1.85. The van der Waals surface area contributed by atoms with Crippen LogP contribution in [0.5, 0.6) is 0 Å². The van der Waals surface area contributed by atoms with Crippen molar-refractivity contribution in [2.75, 3.05) is 43.4 Å². The van der Waals surface area contributed by atoms with Crippen LogP contribution in [-0.2, 0) is 4.79 Å². The Labute approximate surface area is 143 Å². The van der Waals surface area contributed by atoms with E-state index in [1.54, 1.807) is 11.2 Å². The van der Waals surface area contributed by atoms with E-state index in [1.807, 2.05) is 18.0 Å². The summed E-state index contributed by atoms with van der Waals surface area (Å²) in [4.78, 5) is 24.4. The van der Waals surface area contributed by atoms with Gasteiger partial charge in [-0.1, -0.05) is 6.42 Å². The zero-order chi connectivity index (χ0) is 16.5. The third-order valence-corrected chi connectivity index (χ3v) is 6.14. The summed E-state index contributed by atoms with van der Waals surface area (Å²) in [5.41, 5.74) is 0. The zero-order valence-corrected chi connectivity index (χ0v) is 14.4. The lowest BCUT2D eigenvalue weighted by atomic mass is 9.86. The van der Waals surface area contributed by atoms with Crippen molar-refractivity contribution in [2.24, 2.45) is 17.8 Å². The molecule has 130 valence electrons. The van der Waals surface area contributed by atoms with Gasteiger partial charge in [0, 0.05) is 32.7 Å². The maximum Gasteiger partial charge on any atom is 0.241 e. The van der Waals surface area contributed by atoms with E-state index in [4.69, 9.17) is 0 Å². The van der Waals surface area contributed by atoms with Crippen LogP contribution in [0.2, 0.25) is 0 Å². The molecule has 2 saturated carbocycles. The Balaban J connectivity index is 1.31. The molecule has 1 N–H and O–H groups in total. The molecule has 1 saturated heterocycles. The highest BCUT2D eigenvalue weighted by Gasteiger charge is 2.38. The fourth-order valence-corrected chi connectivity index (χ4v) is 4.69. The summed E-state index contributed by atoms with van der Waals surface area (Å²) in [6.45, 7) is 2.95. The minimum Gasteiger partial charge on any atom is -0.370 e. The number of piperazine rings is 1. The lowest BCUT2D eigenvalue weighted by molar-refractivity contribution is -0.129. The lowest BCUT2D eigenvalue weighted by Gasteiger charge is -2.32. The number of hydrogen-bond acceptors (Lipinski definition) is 5. The van der Waals surface area contributed by atoms with Crippen LogP contribution in [-0.4, -0.2) is 54.0 Å². The van der Waals surface area contributed by atoms with Crippen LogP contribution in [0, 0.1) is 17.8 Å². The number of hydrogen-bond donors (Lipinski definition) is 1. The van der Waals surface area contributed by atoms with E-state index in [0.29, 0.717) is 6.54 Å². The minimum atomic E-state index is 0.144. The van der Waals surface area contributed by atoms with Crippen LogP contribution in [0.3, 0.4) is 0 Å². The van der Waals surface area contributed by atoms with Gasteiger partial charge in [-0.2, -0.15) is 0 Å². The first-order valence-corrected chi connectivity index (χ1v) is 9.24. The summed E-state index contributed by atoms with van der Waals surface area (Å²) in [5, 5.41) is 3.46. The minimum absolute atomic E-state index is 0.144. The molecule has 24 heavy (non-hydrogen) atoms. The molecule has 3 atom stereocenters. The van der Waals surface area contributed by atoms with E-state index in [9.17, 15) is 4.79 Å². The molecule has 0 aromatic carbocycles. The molecule has 1 amide bonds. The molecule has 6 nitrogen and oxygen atoms in total. The number of likely N-dealkylation sites (N-methyl/N-ethyl adjacent to an activating group) is 1. The number of fused-ring (bicyclic) bond motifs is 2. The van der Waals surface area contributed by atoms with Crippen molar-refractivity contribution in [3.63, 3.8) is 0 Å². The van der Waals surface area contributed by atoms with Crippen LogP contribution in [0.4, 0.5) is 11.6 Å². The second kappa shape index (κ2) is 6.57. The van der Waals surface area contributed by atoms with Crippen LogP contribution in [0.15, 0.2) is 12.4 Å². The molecule has 2 aliphatic carbocycles. The summed E-state index contributed by atoms with van der Waals surface area (Å²) in [6.07, 6.45) is 8.66. The molecular formula is C18H27N5O. The van der Waals surface area contributed by atoms with Gasteiger partial charge in [-0.15, -0.1) is 0 Å². The first-order valence-electron chi connectivity index (χ1n) is 9.24. The monoisotopic (exact) mass is 329 g/mol. The van der Waals surface area contributed by atoms with Gasteiger partial charge in [0.05, 0.1) is 6.54 Å². The zero-order valence-electron chi connectivity index (χ0n) is 14.4. The third kappa shape index (κ3) is 3.19. The number of carbonyl (C=O) groups excluding carboxylic acids is 1. The van der Waals surface area contributed by atoms with Crippen LogP contribution < -0.4 is 10.2 Å². The second-order valence-electron chi connectivity index (χ2n) is 7.65. The molecule has 3 unspecified atom stereocenters. The molecule has 2 bridgehead atoms. The molecule has 1 aromatic rings. The average molecular weight is 329 g/mol. The number of nitrogens with one attached hydrogen (secondary N) is 1. The van der Waals surface area contributed by atoms with Gasteiger partial charge in [-0.05, 0) is 43.4 Å². The molecule has 2 heterocycles. The van der Waals surface area contributed by atoms with Gasteiger partial charge in [0.2, 0.25) is 5.91 Å². The van der Waals surface area contributed by atoms with Gasteiger partial charge in [0.15, 0.2) is 0 Å². The lowest BCUT2D eigenvalue weighted by Crippen LogP contribution is -2.48. The fraction of sp³-hybridized carbons (Fsp3) is 0.722. The number of nitrogens with zero attached hydrogens (tertiary/aromatic N) is 4. The summed E-state index contributed by atoms with van der Waals surface area (Å²) in [6, 6.07) is 1.97. The fourth-order valence-electron chi connectivity index (χ4n) is 4.69. The van der Waals surface area contributed by atoms with E-state index in [0.717, 1.165) is 49.0 Å². The third-order valence-electron chi connectivity index (χ3n) is 6.14. The largest absolute Gasteiger partial charge is 0.370 e. The van der Waals surface area contributed by atoms with E-state index in [-0.39, 0.29) is 5.91 Å². The maximum atomic E-state index is 11.9. The summed E-state index contributed by atoms with van der Waals surface area (Å²) < 4.78 is 0. The Kier molecular flexibility index (Phi) is 4.29. The van der Waals surface area contributed by atoms with Gasteiger partial charge in [0.25, 0.3) is 0 Å². The highest BCUT2D eigenvalue weighted by atomic mass is 16.2. The maximum absolute atomic E-state index is 11.9. The van der Waals surface area contributed by atoms with Gasteiger partial charge >= 0.3 is 0 Å². The summed E-state index contributed by atoms with van der Waals surface area (Å²) >= 11 is 0. The van der Waals surface area contributed by atoms with Crippen molar-refractivity contribution < 1.29 is 4.79 Å². The molecule has 3 fully saturated rings. The molecule has 1 aliphatic heterocycles. The van der Waals surface area contributed by atoms with Crippen LogP contribution in [0.1, 0.15) is 32.1 Å². The first-order chi connectivity index (χ1) is 11.7. The van der Waals surface area contributed by atoms with Crippen molar-refractivity contribution >= 4 is 17.5 Å². The van der Waals surface area contributed by atoms with E-state index in [2.05, 4.69) is 15.3 Å². The quantitative estimate of drug-likeness (QED) is 0.895. The molecule has 3 aliphatic rings. The van der Waals surface area contributed by atoms with Crippen molar-refractivity contribution in [3.8, 4) is 0 Å². The van der Waals surface area contributed by atoms with Crippen molar-refractivity contribution in [1.29, 1.82) is 0 Å². The molecule has 1 aromatic heterocycles. The van der Waals surface area contributed by atoms with Gasteiger partial charge in [-0.3, -0.25) is 4.79 Å².